The molecule has 0 heterocycles. The van der Waals surface area contributed by atoms with Crippen LogP contribution in [0.5, 0.6) is 0 Å². The Hall–Kier alpha value is -0.550. The highest BCUT2D eigenvalue weighted by molar-refractivity contribution is 5.12. The second-order valence-corrected chi connectivity index (χ2v) is 6.32. The van der Waals surface area contributed by atoms with Crippen molar-refractivity contribution in [2.75, 3.05) is 0 Å². The van der Waals surface area contributed by atoms with E-state index >= 15 is 0 Å². The average Bonchev–Trinajstić information content (AvgIpc) is 2.53. The molecule has 0 amide bonds. The first-order valence-corrected chi connectivity index (χ1v) is 7.26. The lowest BCUT2D eigenvalue weighted by Crippen LogP contribution is -2.48. The molecule has 2 aliphatic carbocycles. The van der Waals surface area contributed by atoms with Gasteiger partial charge in [-0.15, -0.1) is 0 Å². The molecule has 0 aromatic heterocycles. The Kier molecular flexibility index (Phi) is 3.78. The van der Waals surface area contributed by atoms with Crippen LogP contribution in [0.2, 0.25) is 0 Å². The van der Waals surface area contributed by atoms with Crippen LogP contribution in [0.4, 0.5) is 0 Å². The first kappa shape index (κ1) is 12.9. The molecule has 0 bridgehead atoms. The summed E-state index contributed by atoms with van der Waals surface area (Å²) < 4.78 is 0. The van der Waals surface area contributed by atoms with Gasteiger partial charge in [0.2, 0.25) is 0 Å². The summed E-state index contributed by atoms with van der Waals surface area (Å²) in [4.78, 5) is 0. The molecule has 2 nitrogen and oxygen atoms in total. The molecule has 2 atom stereocenters. The Bertz CT molecular complexity index is 301. The van der Waals surface area contributed by atoms with E-state index in [4.69, 9.17) is 0 Å². The van der Waals surface area contributed by atoms with Gasteiger partial charge in [0.25, 0.3) is 0 Å². The average molecular weight is 235 g/mol. The normalized spacial score (nSPS) is 38.1. The molecule has 2 saturated carbocycles. The summed E-state index contributed by atoms with van der Waals surface area (Å²) in [5.41, 5.74) is -1.14. The van der Waals surface area contributed by atoms with Crippen molar-refractivity contribution in [3.8, 4) is 6.07 Å². The van der Waals surface area contributed by atoms with Crippen molar-refractivity contribution < 1.29 is 5.11 Å². The summed E-state index contributed by atoms with van der Waals surface area (Å²) in [5.74, 6) is 0.711. The molecule has 2 fully saturated rings. The fourth-order valence-corrected chi connectivity index (χ4v) is 3.81. The quantitative estimate of drug-likeness (QED) is 0.703. The lowest BCUT2D eigenvalue weighted by molar-refractivity contribution is -0.0838. The number of nitriles is 1. The number of aliphatic hydroxyl groups is 1. The van der Waals surface area contributed by atoms with Crippen molar-refractivity contribution in [3.63, 3.8) is 0 Å². The standard InChI is InChI=1S/C15H25NO/c1-13-6-5-10-15(17,11-7-13)14(12-16)8-3-2-4-9-14/h13,17H,2-11H2,1H3. The number of rotatable bonds is 1. The van der Waals surface area contributed by atoms with Crippen molar-refractivity contribution >= 4 is 0 Å². The summed E-state index contributed by atoms with van der Waals surface area (Å²) in [7, 11) is 0. The fourth-order valence-electron chi connectivity index (χ4n) is 3.81. The van der Waals surface area contributed by atoms with E-state index in [-0.39, 0.29) is 0 Å². The molecule has 0 aromatic rings. The van der Waals surface area contributed by atoms with E-state index in [2.05, 4.69) is 13.0 Å². The van der Waals surface area contributed by atoms with E-state index in [9.17, 15) is 10.4 Å². The van der Waals surface area contributed by atoms with Gasteiger partial charge in [0, 0.05) is 0 Å². The Morgan fingerprint density at radius 1 is 1.00 bits per heavy atom. The third-order valence-corrected chi connectivity index (χ3v) is 5.15. The van der Waals surface area contributed by atoms with Gasteiger partial charge in [-0.2, -0.15) is 5.26 Å². The molecular weight excluding hydrogens is 210 g/mol. The zero-order valence-corrected chi connectivity index (χ0v) is 11.0. The van der Waals surface area contributed by atoms with Crippen LogP contribution in [0.3, 0.4) is 0 Å². The first-order chi connectivity index (χ1) is 8.12. The molecule has 2 unspecified atom stereocenters. The van der Waals surface area contributed by atoms with Crippen molar-refractivity contribution in [3.05, 3.63) is 0 Å². The van der Waals surface area contributed by atoms with Crippen molar-refractivity contribution in [2.24, 2.45) is 11.3 Å². The second-order valence-electron chi connectivity index (χ2n) is 6.32. The van der Waals surface area contributed by atoms with Crippen LogP contribution < -0.4 is 0 Å². The summed E-state index contributed by atoms with van der Waals surface area (Å²) >= 11 is 0. The summed E-state index contributed by atoms with van der Waals surface area (Å²) in [6, 6.07) is 2.52. The highest BCUT2D eigenvalue weighted by Crippen LogP contribution is 2.50. The minimum absolute atomic E-state index is 0.435. The molecule has 2 rings (SSSR count). The Labute approximate surface area is 105 Å². The largest absolute Gasteiger partial charge is 0.388 e. The van der Waals surface area contributed by atoms with E-state index in [1.54, 1.807) is 0 Å². The van der Waals surface area contributed by atoms with Gasteiger partial charge in [-0.1, -0.05) is 39.0 Å². The maximum atomic E-state index is 11.0. The number of hydrogen-bond donors (Lipinski definition) is 1. The Morgan fingerprint density at radius 2 is 1.71 bits per heavy atom. The van der Waals surface area contributed by atoms with Gasteiger partial charge in [-0.3, -0.25) is 0 Å². The zero-order chi connectivity index (χ0) is 12.4. The summed E-state index contributed by atoms with van der Waals surface area (Å²) in [6.07, 6.45) is 10.3. The van der Waals surface area contributed by atoms with Crippen LogP contribution >= 0.6 is 0 Å². The molecule has 17 heavy (non-hydrogen) atoms. The van der Waals surface area contributed by atoms with Crippen LogP contribution in [-0.2, 0) is 0 Å². The van der Waals surface area contributed by atoms with E-state index in [0.717, 1.165) is 51.4 Å². The van der Waals surface area contributed by atoms with Crippen molar-refractivity contribution in [1.82, 2.24) is 0 Å². The van der Waals surface area contributed by atoms with E-state index in [1.165, 1.54) is 12.8 Å². The van der Waals surface area contributed by atoms with Crippen LogP contribution in [0.25, 0.3) is 0 Å². The van der Waals surface area contributed by atoms with Gasteiger partial charge in [0.1, 0.15) is 0 Å². The van der Waals surface area contributed by atoms with Gasteiger partial charge in [-0.05, 0) is 38.0 Å². The minimum atomic E-state index is -0.701. The maximum absolute atomic E-state index is 11.0. The zero-order valence-electron chi connectivity index (χ0n) is 11.0. The van der Waals surface area contributed by atoms with Gasteiger partial charge < -0.3 is 5.11 Å². The summed E-state index contributed by atoms with van der Waals surface area (Å²) in [6.45, 7) is 2.27. The van der Waals surface area contributed by atoms with Crippen LogP contribution in [0, 0.1) is 22.7 Å². The first-order valence-electron chi connectivity index (χ1n) is 7.26. The lowest BCUT2D eigenvalue weighted by Gasteiger charge is -2.45. The van der Waals surface area contributed by atoms with Gasteiger partial charge >= 0.3 is 0 Å². The van der Waals surface area contributed by atoms with Crippen molar-refractivity contribution in [1.29, 1.82) is 5.26 Å². The monoisotopic (exact) mass is 235 g/mol. The molecule has 0 saturated heterocycles. The predicted octanol–water partition coefficient (Wildman–Crippen LogP) is 3.79. The van der Waals surface area contributed by atoms with Crippen LogP contribution in [0.15, 0.2) is 0 Å². The van der Waals surface area contributed by atoms with E-state index < -0.39 is 11.0 Å². The fraction of sp³-hybridized carbons (Fsp3) is 0.933. The molecule has 0 aliphatic heterocycles. The third-order valence-electron chi connectivity index (χ3n) is 5.15. The molecule has 0 aromatic carbocycles. The van der Waals surface area contributed by atoms with Crippen LogP contribution in [-0.4, -0.2) is 10.7 Å². The number of hydrogen-bond acceptors (Lipinski definition) is 2. The van der Waals surface area contributed by atoms with E-state index in [0.29, 0.717) is 5.92 Å². The predicted molar refractivity (Wildman–Crippen MR) is 68.3 cm³/mol. The smallest absolute Gasteiger partial charge is 0.0860 e. The lowest BCUT2D eigenvalue weighted by atomic mass is 9.61. The topological polar surface area (TPSA) is 44.0 Å². The summed E-state index contributed by atoms with van der Waals surface area (Å²) in [5, 5.41) is 20.6. The van der Waals surface area contributed by atoms with E-state index in [1.807, 2.05) is 0 Å². The molecule has 96 valence electrons. The SMILES string of the molecule is CC1CCCC(O)(C2(C#N)CCCCC2)CC1. The second kappa shape index (κ2) is 4.98. The molecule has 1 N–H and O–H groups in total. The Morgan fingerprint density at radius 3 is 2.35 bits per heavy atom. The highest BCUT2D eigenvalue weighted by Gasteiger charge is 2.50. The van der Waals surface area contributed by atoms with Gasteiger partial charge in [0.05, 0.1) is 17.1 Å². The molecule has 2 heteroatoms. The maximum Gasteiger partial charge on any atom is 0.0860 e. The molecule has 2 aliphatic rings. The third kappa shape index (κ3) is 2.36. The van der Waals surface area contributed by atoms with Crippen molar-refractivity contribution in [2.45, 2.75) is 76.7 Å². The number of nitrogens with zero attached hydrogens (tertiary/aromatic N) is 1. The Balaban J connectivity index is 2.19. The molecule has 0 spiro atoms. The molecule has 0 radical (unpaired) electrons. The van der Waals surface area contributed by atoms with Gasteiger partial charge in [-0.25, -0.2) is 0 Å². The minimum Gasteiger partial charge on any atom is -0.388 e. The van der Waals surface area contributed by atoms with Gasteiger partial charge in [0.15, 0.2) is 0 Å². The molecular formula is C15H25NO. The van der Waals surface area contributed by atoms with Crippen LogP contribution in [0.1, 0.15) is 71.1 Å². The highest BCUT2D eigenvalue weighted by atomic mass is 16.3.